The van der Waals surface area contributed by atoms with Crippen LogP contribution in [0.2, 0.25) is 5.02 Å². The number of hydrogen-bond donors (Lipinski definition) is 2. The highest BCUT2D eigenvalue weighted by Gasteiger charge is 2.11. The van der Waals surface area contributed by atoms with Gasteiger partial charge in [0.1, 0.15) is 0 Å². The second kappa shape index (κ2) is 4.26. The van der Waals surface area contributed by atoms with Crippen LogP contribution in [-0.2, 0) is 0 Å². The normalized spacial score (nSPS) is 11.0. The molecule has 0 saturated heterocycles. The average molecular weight is 324 g/mol. The lowest BCUT2D eigenvalue weighted by atomic mass is 10.1. The monoisotopic (exact) mass is 322 g/mol. The number of aromatic amines is 1. The third-order valence-electron chi connectivity index (χ3n) is 2.69. The molecular formula is C12H8BrClN4. The maximum atomic E-state index is 6.14. The molecule has 0 unspecified atom stereocenters. The maximum Gasteiger partial charge on any atom is 0.153 e. The van der Waals surface area contributed by atoms with Crippen molar-refractivity contribution in [1.29, 1.82) is 0 Å². The molecule has 0 amide bonds. The molecule has 0 saturated carbocycles. The Kier molecular flexibility index (Phi) is 2.72. The zero-order chi connectivity index (χ0) is 12.7. The fourth-order valence-corrected chi connectivity index (χ4v) is 2.61. The molecule has 3 N–H and O–H groups in total. The van der Waals surface area contributed by atoms with Gasteiger partial charge in [0.05, 0.1) is 16.2 Å². The number of benzene rings is 1. The van der Waals surface area contributed by atoms with Gasteiger partial charge in [-0.1, -0.05) is 11.6 Å². The van der Waals surface area contributed by atoms with Crippen LogP contribution in [0, 0.1) is 0 Å². The summed E-state index contributed by atoms with van der Waals surface area (Å²) in [6, 6.07) is 7.47. The summed E-state index contributed by atoms with van der Waals surface area (Å²) in [7, 11) is 0. The number of nitrogens with zero attached hydrogens (tertiary/aromatic N) is 2. The minimum atomic E-state index is 0.458. The SMILES string of the molecule is Nc1n[nH]c2c(Br)cc(-c3ncccc3Cl)cc12. The standard InChI is InChI=1S/C12H8BrClN4/c13-8-5-6(10-9(14)2-1-3-16-10)4-7-11(8)17-18-12(7)15/h1-5H,(H3,15,17,18). The molecule has 2 aromatic heterocycles. The Bertz CT molecular complexity index is 738. The zero-order valence-electron chi connectivity index (χ0n) is 9.11. The van der Waals surface area contributed by atoms with Crippen molar-refractivity contribution in [3.63, 3.8) is 0 Å². The topological polar surface area (TPSA) is 67.6 Å². The first-order valence-electron chi connectivity index (χ1n) is 5.21. The Morgan fingerprint density at radius 2 is 2.17 bits per heavy atom. The summed E-state index contributed by atoms with van der Waals surface area (Å²) in [5, 5.41) is 8.31. The zero-order valence-corrected chi connectivity index (χ0v) is 11.5. The van der Waals surface area contributed by atoms with Gasteiger partial charge in [0, 0.05) is 21.6 Å². The van der Waals surface area contributed by atoms with E-state index in [0.29, 0.717) is 10.8 Å². The van der Waals surface area contributed by atoms with E-state index in [1.54, 1.807) is 18.3 Å². The van der Waals surface area contributed by atoms with Gasteiger partial charge in [-0.3, -0.25) is 10.1 Å². The van der Waals surface area contributed by atoms with Crippen molar-refractivity contribution in [2.45, 2.75) is 0 Å². The molecule has 0 aliphatic carbocycles. The van der Waals surface area contributed by atoms with E-state index >= 15 is 0 Å². The van der Waals surface area contributed by atoms with E-state index in [0.717, 1.165) is 26.6 Å². The van der Waals surface area contributed by atoms with Crippen LogP contribution in [0.3, 0.4) is 0 Å². The first-order chi connectivity index (χ1) is 8.66. The molecule has 1 aromatic carbocycles. The Balaban J connectivity index is 2.31. The molecule has 0 radical (unpaired) electrons. The van der Waals surface area contributed by atoms with Crippen LogP contribution < -0.4 is 5.73 Å². The maximum absolute atomic E-state index is 6.14. The molecule has 0 spiro atoms. The largest absolute Gasteiger partial charge is 0.382 e. The molecule has 0 fully saturated rings. The lowest BCUT2D eigenvalue weighted by molar-refractivity contribution is 1.12. The number of nitrogens with one attached hydrogen (secondary N) is 1. The fraction of sp³-hybridized carbons (Fsp3) is 0. The summed E-state index contributed by atoms with van der Waals surface area (Å²) < 4.78 is 0.876. The minimum absolute atomic E-state index is 0.458. The third-order valence-corrected chi connectivity index (χ3v) is 3.62. The van der Waals surface area contributed by atoms with Gasteiger partial charge in [-0.25, -0.2) is 0 Å². The number of H-pyrrole nitrogens is 1. The fourth-order valence-electron chi connectivity index (χ4n) is 1.83. The minimum Gasteiger partial charge on any atom is -0.382 e. The van der Waals surface area contributed by atoms with E-state index in [2.05, 4.69) is 31.1 Å². The van der Waals surface area contributed by atoms with Crippen LogP contribution in [0.15, 0.2) is 34.9 Å². The van der Waals surface area contributed by atoms with Crippen LogP contribution >= 0.6 is 27.5 Å². The van der Waals surface area contributed by atoms with Crippen LogP contribution in [0.4, 0.5) is 5.82 Å². The predicted molar refractivity (Wildman–Crippen MR) is 76.4 cm³/mol. The molecular weight excluding hydrogens is 316 g/mol. The molecule has 90 valence electrons. The summed E-state index contributed by atoms with van der Waals surface area (Å²) in [6.45, 7) is 0. The summed E-state index contributed by atoms with van der Waals surface area (Å²) >= 11 is 9.63. The molecule has 3 rings (SSSR count). The number of nitrogens with two attached hydrogens (primary N) is 1. The predicted octanol–water partition coefficient (Wildman–Crippen LogP) is 3.62. The van der Waals surface area contributed by atoms with E-state index in [1.807, 2.05) is 12.1 Å². The van der Waals surface area contributed by atoms with Crippen LogP contribution in [0.1, 0.15) is 0 Å². The van der Waals surface area contributed by atoms with Gasteiger partial charge in [-0.05, 0) is 40.2 Å². The van der Waals surface area contributed by atoms with Gasteiger partial charge < -0.3 is 5.73 Å². The van der Waals surface area contributed by atoms with Crippen molar-refractivity contribution in [2.75, 3.05) is 5.73 Å². The van der Waals surface area contributed by atoms with E-state index in [-0.39, 0.29) is 0 Å². The second-order valence-corrected chi connectivity index (χ2v) is 5.08. The summed E-state index contributed by atoms with van der Waals surface area (Å²) in [4.78, 5) is 4.29. The van der Waals surface area contributed by atoms with Crippen molar-refractivity contribution in [1.82, 2.24) is 15.2 Å². The highest BCUT2D eigenvalue weighted by Crippen LogP contribution is 2.33. The Hall–Kier alpha value is -1.59. The number of nitrogen functional groups attached to an aromatic ring is 1. The quantitative estimate of drug-likeness (QED) is 0.718. The Morgan fingerprint density at radius 1 is 1.33 bits per heavy atom. The number of anilines is 1. The molecule has 0 atom stereocenters. The van der Waals surface area contributed by atoms with Crippen LogP contribution in [0.25, 0.3) is 22.2 Å². The van der Waals surface area contributed by atoms with E-state index in [9.17, 15) is 0 Å². The number of halogens is 2. The number of pyridine rings is 1. The number of rotatable bonds is 1. The van der Waals surface area contributed by atoms with Gasteiger partial charge in [0.25, 0.3) is 0 Å². The van der Waals surface area contributed by atoms with Crippen molar-refractivity contribution < 1.29 is 0 Å². The third kappa shape index (κ3) is 1.76. The Morgan fingerprint density at radius 3 is 2.94 bits per heavy atom. The lowest BCUT2D eigenvalue weighted by Crippen LogP contribution is -1.87. The van der Waals surface area contributed by atoms with Gasteiger partial charge in [-0.2, -0.15) is 5.10 Å². The molecule has 0 bridgehead atoms. The smallest absolute Gasteiger partial charge is 0.153 e. The molecule has 2 heterocycles. The van der Waals surface area contributed by atoms with Crippen LogP contribution in [0.5, 0.6) is 0 Å². The van der Waals surface area contributed by atoms with Crippen molar-refractivity contribution in [3.8, 4) is 11.3 Å². The molecule has 3 aromatic rings. The van der Waals surface area contributed by atoms with Crippen molar-refractivity contribution in [3.05, 3.63) is 40.0 Å². The second-order valence-electron chi connectivity index (χ2n) is 3.82. The number of hydrogen-bond acceptors (Lipinski definition) is 3. The number of aromatic nitrogens is 3. The lowest BCUT2D eigenvalue weighted by Gasteiger charge is -2.04. The highest BCUT2D eigenvalue weighted by atomic mass is 79.9. The van der Waals surface area contributed by atoms with E-state index in [1.165, 1.54) is 0 Å². The average Bonchev–Trinajstić information content (AvgIpc) is 2.72. The molecule has 6 heteroatoms. The first-order valence-corrected chi connectivity index (χ1v) is 6.38. The van der Waals surface area contributed by atoms with Gasteiger partial charge >= 0.3 is 0 Å². The van der Waals surface area contributed by atoms with Crippen molar-refractivity contribution in [2.24, 2.45) is 0 Å². The van der Waals surface area contributed by atoms with E-state index in [4.69, 9.17) is 17.3 Å². The molecule has 4 nitrogen and oxygen atoms in total. The molecule has 0 aliphatic rings. The first kappa shape index (κ1) is 11.5. The highest BCUT2D eigenvalue weighted by molar-refractivity contribution is 9.10. The molecule has 0 aliphatic heterocycles. The number of fused-ring (bicyclic) bond motifs is 1. The van der Waals surface area contributed by atoms with Gasteiger partial charge in [0.15, 0.2) is 5.82 Å². The molecule has 18 heavy (non-hydrogen) atoms. The summed E-state index contributed by atoms with van der Waals surface area (Å²) in [5.41, 5.74) is 8.30. The van der Waals surface area contributed by atoms with Gasteiger partial charge in [-0.15, -0.1) is 0 Å². The summed E-state index contributed by atoms with van der Waals surface area (Å²) in [5.74, 6) is 0.458. The van der Waals surface area contributed by atoms with E-state index < -0.39 is 0 Å². The van der Waals surface area contributed by atoms with Crippen molar-refractivity contribution >= 4 is 44.3 Å². The van der Waals surface area contributed by atoms with Gasteiger partial charge in [0.2, 0.25) is 0 Å². The summed E-state index contributed by atoms with van der Waals surface area (Å²) in [6.07, 6.45) is 1.71. The Labute approximate surface area is 116 Å². The van der Waals surface area contributed by atoms with Crippen LogP contribution in [-0.4, -0.2) is 15.2 Å².